The third-order valence-electron chi connectivity index (χ3n) is 1.24. The molecule has 0 unspecified atom stereocenters. The Morgan fingerprint density at radius 2 is 2.08 bits per heavy atom. The number of thioether (sulfide) groups is 1. The predicted molar refractivity (Wildman–Crippen MR) is 58.4 cm³/mol. The third kappa shape index (κ3) is 4.16. The maximum Gasteiger partial charge on any atom is 0.0404 e. The van der Waals surface area contributed by atoms with Gasteiger partial charge in [-0.3, -0.25) is 4.98 Å². The summed E-state index contributed by atoms with van der Waals surface area (Å²) in [5.74, 6) is 0. The summed E-state index contributed by atoms with van der Waals surface area (Å²) in [7, 11) is 0. The molecule has 0 spiro atoms. The summed E-state index contributed by atoms with van der Waals surface area (Å²) in [5, 5.41) is 0. The van der Waals surface area contributed by atoms with E-state index in [4.69, 9.17) is 5.73 Å². The van der Waals surface area contributed by atoms with Crippen LogP contribution in [0, 0.1) is 0 Å². The average molecular weight is 227 g/mol. The Morgan fingerprint density at radius 1 is 1.42 bits per heavy atom. The molecule has 0 aliphatic rings. The van der Waals surface area contributed by atoms with E-state index in [-0.39, 0.29) is 24.8 Å². The van der Waals surface area contributed by atoms with E-state index in [1.807, 2.05) is 12.5 Å². The zero-order valence-electron chi connectivity index (χ0n) is 6.69. The molecule has 5 heteroatoms. The summed E-state index contributed by atoms with van der Waals surface area (Å²) in [6, 6.07) is 2.05. The van der Waals surface area contributed by atoms with Crippen LogP contribution in [0.25, 0.3) is 0 Å². The molecule has 0 atom stereocenters. The van der Waals surface area contributed by atoms with E-state index in [1.165, 1.54) is 4.90 Å². The Morgan fingerprint density at radius 3 is 2.58 bits per heavy atom. The molecule has 2 nitrogen and oxygen atoms in total. The highest BCUT2D eigenvalue weighted by Crippen LogP contribution is 2.13. The molecule has 0 radical (unpaired) electrons. The standard InChI is InChI=1S/C7H10N2S.2ClH/c1-10-7-2-6(3-8)4-9-5-7;;/h2,4-5H,3,8H2,1H3;2*1H. The Balaban J connectivity index is 0. The number of hydrogen-bond donors (Lipinski definition) is 1. The quantitative estimate of drug-likeness (QED) is 0.786. The van der Waals surface area contributed by atoms with Gasteiger partial charge < -0.3 is 5.73 Å². The topological polar surface area (TPSA) is 38.9 Å². The van der Waals surface area contributed by atoms with E-state index in [9.17, 15) is 0 Å². The number of nitrogens with two attached hydrogens (primary N) is 1. The highest BCUT2D eigenvalue weighted by Gasteiger charge is 1.91. The van der Waals surface area contributed by atoms with Gasteiger partial charge >= 0.3 is 0 Å². The molecule has 12 heavy (non-hydrogen) atoms. The van der Waals surface area contributed by atoms with Crippen LogP contribution in [0.2, 0.25) is 0 Å². The molecule has 1 heterocycles. The smallest absolute Gasteiger partial charge is 0.0404 e. The van der Waals surface area contributed by atoms with Crippen LogP contribution in [0.1, 0.15) is 5.56 Å². The summed E-state index contributed by atoms with van der Waals surface area (Å²) >= 11 is 1.68. The Bertz CT molecular complexity index is 201. The van der Waals surface area contributed by atoms with Crippen molar-refractivity contribution in [3.05, 3.63) is 24.0 Å². The number of aromatic nitrogens is 1. The van der Waals surface area contributed by atoms with Crippen LogP contribution < -0.4 is 5.73 Å². The van der Waals surface area contributed by atoms with E-state index < -0.39 is 0 Å². The second-order valence-electron chi connectivity index (χ2n) is 1.94. The second-order valence-corrected chi connectivity index (χ2v) is 2.82. The first-order valence-electron chi connectivity index (χ1n) is 3.05. The minimum atomic E-state index is 0. The van der Waals surface area contributed by atoms with Gasteiger partial charge in [-0.25, -0.2) is 0 Å². The van der Waals surface area contributed by atoms with E-state index >= 15 is 0 Å². The number of halogens is 2. The fourth-order valence-corrected chi connectivity index (χ4v) is 1.12. The molecule has 0 aromatic carbocycles. The molecule has 0 amide bonds. The van der Waals surface area contributed by atoms with Crippen molar-refractivity contribution < 1.29 is 0 Å². The van der Waals surface area contributed by atoms with Crippen molar-refractivity contribution >= 4 is 36.6 Å². The fraction of sp³-hybridized carbons (Fsp3) is 0.286. The number of rotatable bonds is 2. The molecule has 0 bridgehead atoms. The van der Waals surface area contributed by atoms with Crippen molar-refractivity contribution in [1.29, 1.82) is 0 Å². The molecular formula is C7H12Cl2N2S. The normalized spacial score (nSPS) is 8.17. The number of pyridine rings is 1. The summed E-state index contributed by atoms with van der Waals surface area (Å²) in [6.45, 7) is 0.571. The lowest BCUT2D eigenvalue weighted by molar-refractivity contribution is 1.03. The van der Waals surface area contributed by atoms with Crippen molar-refractivity contribution in [2.24, 2.45) is 5.73 Å². The van der Waals surface area contributed by atoms with Gasteiger partial charge in [0.2, 0.25) is 0 Å². The van der Waals surface area contributed by atoms with Gasteiger partial charge in [0.25, 0.3) is 0 Å². The highest BCUT2D eigenvalue weighted by atomic mass is 35.5. The lowest BCUT2D eigenvalue weighted by Gasteiger charge is -1.97. The molecule has 70 valence electrons. The fourth-order valence-electron chi connectivity index (χ4n) is 0.687. The Kier molecular flexibility index (Phi) is 9.31. The molecular weight excluding hydrogens is 215 g/mol. The maximum absolute atomic E-state index is 5.42. The zero-order valence-corrected chi connectivity index (χ0v) is 9.14. The molecule has 2 N–H and O–H groups in total. The van der Waals surface area contributed by atoms with Gasteiger partial charge in [0.1, 0.15) is 0 Å². The van der Waals surface area contributed by atoms with E-state index in [2.05, 4.69) is 11.1 Å². The number of nitrogens with zero attached hydrogens (tertiary/aromatic N) is 1. The Labute approximate surface area is 89.2 Å². The van der Waals surface area contributed by atoms with Gasteiger partial charge in [-0.15, -0.1) is 36.6 Å². The van der Waals surface area contributed by atoms with Gasteiger partial charge in [-0.1, -0.05) is 0 Å². The van der Waals surface area contributed by atoms with Crippen LogP contribution in [0.4, 0.5) is 0 Å². The Hall–Kier alpha value is 0.0400. The van der Waals surface area contributed by atoms with E-state index in [0.29, 0.717) is 6.54 Å². The second kappa shape index (κ2) is 7.68. The van der Waals surface area contributed by atoms with Crippen LogP contribution in [0.15, 0.2) is 23.4 Å². The van der Waals surface area contributed by atoms with Crippen LogP contribution in [-0.2, 0) is 6.54 Å². The van der Waals surface area contributed by atoms with Crippen LogP contribution in [0.3, 0.4) is 0 Å². The largest absolute Gasteiger partial charge is 0.326 e. The minimum absolute atomic E-state index is 0. The summed E-state index contributed by atoms with van der Waals surface area (Å²) in [6.07, 6.45) is 5.65. The minimum Gasteiger partial charge on any atom is -0.326 e. The third-order valence-corrected chi connectivity index (χ3v) is 1.94. The molecule has 0 fully saturated rings. The van der Waals surface area contributed by atoms with Gasteiger partial charge in [0.05, 0.1) is 0 Å². The average Bonchev–Trinajstić information content (AvgIpc) is 2.05. The number of hydrogen-bond acceptors (Lipinski definition) is 3. The monoisotopic (exact) mass is 226 g/mol. The lowest BCUT2D eigenvalue weighted by Crippen LogP contribution is -1.96. The van der Waals surface area contributed by atoms with Crippen molar-refractivity contribution in [3.8, 4) is 0 Å². The van der Waals surface area contributed by atoms with E-state index in [0.717, 1.165) is 5.56 Å². The van der Waals surface area contributed by atoms with Gasteiger partial charge in [-0.05, 0) is 17.9 Å². The van der Waals surface area contributed by atoms with Crippen LogP contribution in [0.5, 0.6) is 0 Å². The lowest BCUT2D eigenvalue weighted by atomic mass is 10.3. The molecule has 0 saturated heterocycles. The molecule has 0 aliphatic heterocycles. The van der Waals surface area contributed by atoms with Crippen LogP contribution >= 0.6 is 36.6 Å². The maximum atomic E-state index is 5.42. The van der Waals surface area contributed by atoms with Crippen molar-refractivity contribution in [3.63, 3.8) is 0 Å². The first kappa shape index (κ1) is 14.6. The van der Waals surface area contributed by atoms with Crippen molar-refractivity contribution in [1.82, 2.24) is 4.98 Å². The molecule has 0 aliphatic carbocycles. The van der Waals surface area contributed by atoms with Gasteiger partial charge in [0, 0.05) is 23.8 Å². The molecule has 0 saturated carbocycles. The molecule has 1 aromatic heterocycles. The summed E-state index contributed by atoms with van der Waals surface area (Å²) in [5.41, 5.74) is 6.51. The first-order chi connectivity index (χ1) is 4.86. The van der Waals surface area contributed by atoms with Gasteiger partial charge in [0.15, 0.2) is 0 Å². The molecule has 1 aromatic rings. The van der Waals surface area contributed by atoms with Gasteiger partial charge in [-0.2, -0.15) is 0 Å². The summed E-state index contributed by atoms with van der Waals surface area (Å²) < 4.78 is 0. The van der Waals surface area contributed by atoms with E-state index in [1.54, 1.807) is 18.0 Å². The summed E-state index contributed by atoms with van der Waals surface area (Å²) in [4.78, 5) is 5.19. The molecule has 1 rings (SSSR count). The SMILES string of the molecule is CSc1cncc(CN)c1.Cl.Cl. The predicted octanol–water partition coefficient (Wildman–Crippen LogP) is 2.11. The first-order valence-corrected chi connectivity index (χ1v) is 4.27. The van der Waals surface area contributed by atoms with Crippen molar-refractivity contribution in [2.45, 2.75) is 11.4 Å². The van der Waals surface area contributed by atoms with Crippen molar-refractivity contribution in [2.75, 3.05) is 6.26 Å². The zero-order chi connectivity index (χ0) is 7.40. The highest BCUT2D eigenvalue weighted by molar-refractivity contribution is 7.98. The van der Waals surface area contributed by atoms with Crippen LogP contribution in [-0.4, -0.2) is 11.2 Å².